The number of carbonyl (C=O) groups excluding carboxylic acids is 1. The van der Waals surface area contributed by atoms with Crippen molar-refractivity contribution in [2.24, 2.45) is 5.92 Å². The van der Waals surface area contributed by atoms with E-state index in [9.17, 15) is 14.3 Å². The minimum absolute atomic E-state index is 0.173. The quantitative estimate of drug-likeness (QED) is 0.759. The van der Waals surface area contributed by atoms with Gasteiger partial charge in [-0.25, -0.2) is 4.39 Å². The highest BCUT2D eigenvalue weighted by atomic mass is 19.1. The molecule has 18 heavy (non-hydrogen) atoms. The Morgan fingerprint density at radius 1 is 1.44 bits per heavy atom. The van der Waals surface area contributed by atoms with Gasteiger partial charge in [0.2, 0.25) is 0 Å². The minimum Gasteiger partial charge on any atom is -0.387 e. The molecule has 0 amide bonds. The van der Waals surface area contributed by atoms with Gasteiger partial charge in [0.15, 0.2) is 5.78 Å². The van der Waals surface area contributed by atoms with E-state index in [0.29, 0.717) is 11.1 Å². The largest absolute Gasteiger partial charge is 0.387 e. The van der Waals surface area contributed by atoms with E-state index in [-0.39, 0.29) is 11.7 Å². The van der Waals surface area contributed by atoms with Crippen LogP contribution < -0.4 is 5.32 Å². The molecule has 1 aliphatic rings. The van der Waals surface area contributed by atoms with Gasteiger partial charge in [-0.3, -0.25) is 4.79 Å². The van der Waals surface area contributed by atoms with Crippen LogP contribution in [0, 0.1) is 5.92 Å². The Morgan fingerprint density at radius 3 is 2.50 bits per heavy atom. The van der Waals surface area contributed by atoms with Crippen molar-refractivity contribution >= 4 is 5.78 Å². The Balaban J connectivity index is 2.08. The summed E-state index contributed by atoms with van der Waals surface area (Å²) < 4.78 is 12.6. The summed E-state index contributed by atoms with van der Waals surface area (Å²) in [4.78, 5) is 11.8. The molecule has 2 atom stereocenters. The van der Waals surface area contributed by atoms with Crippen LogP contribution in [-0.4, -0.2) is 30.7 Å². The van der Waals surface area contributed by atoms with Gasteiger partial charge in [-0.15, -0.1) is 0 Å². The number of Topliss-reactive ketones (excluding diaryl/α,β-unsaturated/α-hetero) is 1. The smallest absolute Gasteiger partial charge is 0.165 e. The lowest BCUT2D eigenvalue weighted by Crippen LogP contribution is -2.34. The van der Waals surface area contributed by atoms with Crippen LogP contribution in [-0.2, 0) is 0 Å². The maximum absolute atomic E-state index is 12.6. The molecule has 1 aromatic rings. The number of carbonyl (C=O) groups is 1. The SMILES string of the molecule is CNC(CF)C(O)c1ccc(C(=O)C2CC2)cc1. The number of aliphatic hydroxyl groups is 1. The van der Waals surface area contributed by atoms with Crippen LogP contribution >= 0.6 is 0 Å². The standard InChI is InChI=1S/C14H18FNO2/c1-16-12(8-15)14(18)11-6-4-10(5-7-11)13(17)9-2-3-9/h4-7,9,12,14,16,18H,2-3,8H2,1H3. The maximum Gasteiger partial charge on any atom is 0.165 e. The summed E-state index contributed by atoms with van der Waals surface area (Å²) in [6.07, 6.45) is 1.06. The third kappa shape index (κ3) is 2.76. The number of hydrogen-bond donors (Lipinski definition) is 2. The van der Waals surface area contributed by atoms with Gasteiger partial charge in [-0.05, 0) is 25.5 Å². The summed E-state index contributed by atoms with van der Waals surface area (Å²) in [5.41, 5.74) is 1.30. The van der Waals surface area contributed by atoms with E-state index >= 15 is 0 Å². The van der Waals surface area contributed by atoms with Crippen molar-refractivity contribution in [2.45, 2.75) is 25.0 Å². The van der Waals surface area contributed by atoms with Crippen LogP contribution in [0.1, 0.15) is 34.9 Å². The van der Waals surface area contributed by atoms with Gasteiger partial charge in [0.25, 0.3) is 0 Å². The van der Waals surface area contributed by atoms with Gasteiger partial charge < -0.3 is 10.4 Å². The molecule has 1 aromatic carbocycles. The van der Waals surface area contributed by atoms with Gasteiger partial charge in [0.1, 0.15) is 6.67 Å². The Labute approximate surface area is 106 Å². The van der Waals surface area contributed by atoms with Crippen molar-refractivity contribution in [1.29, 1.82) is 0 Å². The van der Waals surface area contributed by atoms with Crippen LogP contribution in [0.25, 0.3) is 0 Å². The van der Waals surface area contributed by atoms with Crippen LogP contribution in [0.2, 0.25) is 0 Å². The predicted molar refractivity (Wildman–Crippen MR) is 67.3 cm³/mol. The Morgan fingerprint density at radius 2 is 2.06 bits per heavy atom. The fourth-order valence-corrected chi connectivity index (χ4v) is 1.98. The van der Waals surface area contributed by atoms with Crippen molar-refractivity contribution in [2.75, 3.05) is 13.7 Å². The summed E-state index contributed by atoms with van der Waals surface area (Å²) in [5.74, 6) is 0.364. The van der Waals surface area contributed by atoms with Crippen LogP contribution in [0.4, 0.5) is 4.39 Å². The monoisotopic (exact) mass is 251 g/mol. The summed E-state index contributed by atoms with van der Waals surface area (Å²) in [5, 5.41) is 12.7. The van der Waals surface area contributed by atoms with Crippen molar-refractivity contribution in [3.8, 4) is 0 Å². The van der Waals surface area contributed by atoms with E-state index in [4.69, 9.17) is 0 Å². The molecule has 2 N–H and O–H groups in total. The van der Waals surface area contributed by atoms with Gasteiger partial charge in [0.05, 0.1) is 12.1 Å². The van der Waals surface area contributed by atoms with E-state index in [2.05, 4.69) is 5.32 Å². The second-order valence-electron chi connectivity index (χ2n) is 4.75. The molecule has 98 valence electrons. The zero-order valence-corrected chi connectivity index (χ0v) is 10.4. The first kappa shape index (κ1) is 13.2. The molecule has 4 heteroatoms. The zero-order valence-electron chi connectivity index (χ0n) is 10.4. The second kappa shape index (κ2) is 5.59. The third-order valence-electron chi connectivity index (χ3n) is 3.40. The van der Waals surface area contributed by atoms with Crippen molar-refractivity contribution < 1.29 is 14.3 Å². The molecule has 2 unspecified atom stereocenters. The predicted octanol–water partition coefficient (Wildman–Crippen LogP) is 1.87. The highest BCUT2D eigenvalue weighted by molar-refractivity contribution is 5.99. The molecule has 0 aromatic heterocycles. The van der Waals surface area contributed by atoms with Crippen LogP contribution in [0.3, 0.4) is 0 Å². The second-order valence-corrected chi connectivity index (χ2v) is 4.75. The molecule has 0 aliphatic heterocycles. The van der Waals surface area contributed by atoms with E-state index in [1.165, 1.54) is 0 Å². The van der Waals surface area contributed by atoms with Crippen LogP contribution in [0.15, 0.2) is 24.3 Å². The average molecular weight is 251 g/mol. The van der Waals surface area contributed by atoms with Crippen molar-refractivity contribution in [1.82, 2.24) is 5.32 Å². The van der Waals surface area contributed by atoms with Gasteiger partial charge >= 0.3 is 0 Å². The lowest BCUT2D eigenvalue weighted by Gasteiger charge is -2.19. The van der Waals surface area contributed by atoms with Gasteiger partial charge in [0, 0.05) is 11.5 Å². The normalized spacial score (nSPS) is 18.4. The number of rotatable bonds is 6. The molecule has 0 bridgehead atoms. The first-order valence-corrected chi connectivity index (χ1v) is 6.23. The molecule has 2 rings (SSSR count). The van der Waals surface area contributed by atoms with Gasteiger partial charge in [-0.1, -0.05) is 24.3 Å². The highest BCUT2D eigenvalue weighted by Gasteiger charge is 2.30. The third-order valence-corrected chi connectivity index (χ3v) is 3.40. The molecular formula is C14H18FNO2. The number of nitrogens with one attached hydrogen (secondary N) is 1. The summed E-state index contributed by atoms with van der Waals surface area (Å²) in [7, 11) is 1.61. The molecule has 1 fully saturated rings. The Bertz CT molecular complexity index is 410. The van der Waals surface area contributed by atoms with Crippen molar-refractivity contribution in [3.63, 3.8) is 0 Å². The molecule has 1 aliphatic carbocycles. The fourth-order valence-electron chi connectivity index (χ4n) is 1.98. The lowest BCUT2D eigenvalue weighted by atomic mass is 9.99. The van der Waals surface area contributed by atoms with E-state index in [1.54, 1.807) is 31.3 Å². The maximum atomic E-state index is 12.6. The fraction of sp³-hybridized carbons (Fsp3) is 0.500. The molecule has 0 radical (unpaired) electrons. The van der Waals surface area contributed by atoms with Crippen LogP contribution in [0.5, 0.6) is 0 Å². The van der Waals surface area contributed by atoms with Crippen molar-refractivity contribution in [3.05, 3.63) is 35.4 Å². The molecule has 3 nitrogen and oxygen atoms in total. The summed E-state index contributed by atoms with van der Waals surface area (Å²) in [6.45, 7) is -0.638. The molecule has 1 saturated carbocycles. The lowest BCUT2D eigenvalue weighted by molar-refractivity contribution is 0.0966. The summed E-state index contributed by atoms with van der Waals surface area (Å²) in [6, 6.07) is 6.20. The molecule has 0 heterocycles. The number of hydrogen-bond acceptors (Lipinski definition) is 3. The zero-order chi connectivity index (χ0) is 13.1. The number of aliphatic hydroxyl groups excluding tert-OH is 1. The Hall–Kier alpha value is -1.26. The summed E-state index contributed by atoms with van der Waals surface area (Å²) >= 11 is 0. The first-order valence-electron chi connectivity index (χ1n) is 6.23. The molecule has 0 saturated heterocycles. The topological polar surface area (TPSA) is 49.3 Å². The highest BCUT2D eigenvalue weighted by Crippen LogP contribution is 2.32. The van der Waals surface area contributed by atoms with E-state index < -0.39 is 18.8 Å². The van der Waals surface area contributed by atoms with E-state index in [0.717, 1.165) is 12.8 Å². The number of likely N-dealkylation sites (N-methyl/N-ethyl adjacent to an activating group) is 1. The van der Waals surface area contributed by atoms with Gasteiger partial charge in [-0.2, -0.15) is 0 Å². The van der Waals surface area contributed by atoms with E-state index in [1.807, 2.05) is 0 Å². The average Bonchev–Trinajstić information content (AvgIpc) is 3.24. The molecular weight excluding hydrogens is 233 g/mol. The number of halogens is 1. The minimum atomic E-state index is -0.898. The first-order chi connectivity index (χ1) is 8.67. The number of ketones is 1. The number of benzene rings is 1. The molecule has 0 spiro atoms. The Kier molecular flexibility index (Phi) is 4.09. The number of alkyl halides is 1.